The molecule has 0 spiro atoms. The summed E-state index contributed by atoms with van der Waals surface area (Å²) < 4.78 is 28.6. The molecule has 7 heteroatoms. The summed E-state index contributed by atoms with van der Waals surface area (Å²) in [5, 5.41) is 2.77. The minimum Gasteiger partial charge on any atom is -0.441 e. The minimum absolute atomic E-state index is 0.0194. The molecule has 1 atom stereocenters. The molecule has 25 heavy (non-hydrogen) atoms. The fourth-order valence-corrected chi connectivity index (χ4v) is 4.61. The first-order valence-electron chi connectivity index (χ1n) is 8.41. The van der Waals surface area contributed by atoms with Crippen molar-refractivity contribution in [2.24, 2.45) is 0 Å². The summed E-state index contributed by atoms with van der Waals surface area (Å²) in [5.41, 5.74) is 2.68. The minimum atomic E-state index is -3.01. The maximum Gasteiger partial charge on any atom is 0.226 e. The van der Waals surface area contributed by atoms with Gasteiger partial charge in [0.2, 0.25) is 11.8 Å². The molecule has 0 radical (unpaired) electrons. The number of sulfone groups is 1. The highest BCUT2D eigenvalue weighted by Crippen LogP contribution is 2.23. The SMILES string of the molecule is CCc1ccc(-c2nc(CC(=O)NC3CCS(=O)(=O)C3)c(C)o2)cc1. The second-order valence-electron chi connectivity index (χ2n) is 6.42. The first-order valence-corrected chi connectivity index (χ1v) is 10.2. The summed E-state index contributed by atoms with van der Waals surface area (Å²) in [7, 11) is -3.01. The third-order valence-electron chi connectivity index (χ3n) is 4.43. The van der Waals surface area contributed by atoms with Crippen LogP contribution in [0.25, 0.3) is 11.5 Å². The number of benzene rings is 1. The Morgan fingerprint density at radius 1 is 1.32 bits per heavy atom. The van der Waals surface area contributed by atoms with Gasteiger partial charge in [-0.05, 0) is 37.5 Å². The van der Waals surface area contributed by atoms with Crippen LogP contribution in [-0.2, 0) is 27.5 Å². The number of rotatable bonds is 5. The Bertz CT molecular complexity index is 869. The quantitative estimate of drug-likeness (QED) is 0.879. The van der Waals surface area contributed by atoms with Crippen molar-refractivity contribution in [3.8, 4) is 11.5 Å². The smallest absolute Gasteiger partial charge is 0.226 e. The lowest BCUT2D eigenvalue weighted by Gasteiger charge is -2.09. The van der Waals surface area contributed by atoms with E-state index in [1.165, 1.54) is 5.56 Å². The highest BCUT2D eigenvalue weighted by molar-refractivity contribution is 7.91. The van der Waals surface area contributed by atoms with Crippen LogP contribution < -0.4 is 5.32 Å². The van der Waals surface area contributed by atoms with Gasteiger partial charge in [0.25, 0.3) is 0 Å². The standard InChI is InChI=1S/C18H22N2O4S/c1-3-13-4-6-14(7-5-13)18-20-16(12(2)24-18)10-17(21)19-15-8-9-25(22,23)11-15/h4-7,15H,3,8-11H2,1-2H3,(H,19,21). The van der Waals surface area contributed by atoms with Crippen molar-refractivity contribution in [2.75, 3.05) is 11.5 Å². The molecule has 0 bridgehead atoms. The van der Waals surface area contributed by atoms with Crippen molar-refractivity contribution in [1.82, 2.24) is 10.3 Å². The molecule has 2 heterocycles. The molecule has 1 amide bonds. The summed E-state index contributed by atoms with van der Waals surface area (Å²) in [6.07, 6.45) is 1.52. The number of aromatic nitrogens is 1. The fraction of sp³-hybridized carbons (Fsp3) is 0.444. The molecule has 6 nitrogen and oxygen atoms in total. The van der Waals surface area contributed by atoms with E-state index in [0.717, 1.165) is 12.0 Å². The summed E-state index contributed by atoms with van der Waals surface area (Å²) in [6.45, 7) is 3.87. The first kappa shape index (κ1) is 17.7. The van der Waals surface area contributed by atoms with Crippen LogP contribution in [0.2, 0.25) is 0 Å². The lowest BCUT2D eigenvalue weighted by Crippen LogP contribution is -2.36. The Morgan fingerprint density at radius 3 is 2.64 bits per heavy atom. The second kappa shape index (κ2) is 7.00. The topological polar surface area (TPSA) is 89.3 Å². The van der Waals surface area contributed by atoms with Gasteiger partial charge in [-0.1, -0.05) is 19.1 Å². The second-order valence-corrected chi connectivity index (χ2v) is 8.65. The van der Waals surface area contributed by atoms with Gasteiger partial charge < -0.3 is 9.73 Å². The van der Waals surface area contributed by atoms with Gasteiger partial charge in [0.15, 0.2) is 9.84 Å². The van der Waals surface area contributed by atoms with Gasteiger partial charge in [-0.3, -0.25) is 4.79 Å². The Labute approximate surface area is 147 Å². The van der Waals surface area contributed by atoms with Crippen LogP contribution >= 0.6 is 0 Å². The van der Waals surface area contributed by atoms with Crippen LogP contribution in [0.4, 0.5) is 0 Å². The summed E-state index contributed by atoms with van der Waals surface area (Å²) >= 11 is 0. The Balaban J connectivity index is 1.66. The monoisotopic (exact) mass is 362 g/mol. The van der Waals surface area contributed by atoms with Crippen LogP contribution in [0.15, 0.2) is 28.7 Å². The third-order valence-corrected chi connectivity index (χ3v) is 6.20. The lowest BCUT2D eigenvalue weighted by molar-refractivity contribution is -0.121. The lowest BCUT2D eigenvalue weighted by atomic mass is 10.1. The molecule has 2 aromatic rings. The number of oxazole rings is 1. The van der Waals surface area contributed by atoms with Crippen molar-refractivity contribution in [3.63, 3.8) is 0 Å². The van der Waals surface area contributed by atoms with E-state index in [1.54, 1.807) is 6.92 Å². The van der Waals surface area contributed by atoms with Crippen molar-refractivity contribution in [2.45, 2.75) is 39.2 Å². The van der Waals surface area contributed by atoms with Gasteiger partial charge in [-0.15, -0.1) is 0 Å². The average molecular weight is 362 g/mol. The van der Waals surface area contributed by atoms with Crippen LogP contribution in [-0.4, -0.2) is 36.9 Å². The summed E-state index contributed by atoms with van der Waals surface area (Å²) in [5.74, 6) is 1.02. The van der Waals surface area contributed by atoms with Gasteiger partial charge in [-0.25, -0.2) is 13.4 Å². The molecule has 1 aromatic carbocycles. The first-order chi connectivity index (χ1) is 11.9. The van der Waals surface area contributed by atoms with Crippen LogP contribution in [0.3, 0.4) is 0 Å². The molecule has 1 fully saturated rings. The summed E-state index contributed by atoms with van der Waals surface area (Å²) in [6, 6.07) is 7.67. The molecule has 0 saturated carbocycles. The zero-order chi connectivity index (χ0) is 18.0. The molecule has 3 rings (SSSR count). The third kappa shape index (κ3) is 4.28. The molecule has 0 aliphatic carbocycles. The molecule has 1 aliphatic heterocycles. The number of hydrogen-bond acceptors (Lipinski definition) is 5. The van der Waals surface area contributed by atoms with Gasteiger partial charge in [0, 0.05) is 11.6 Å². The van der Waals surface area contributed by atoms with Crippen LogP contribution in [0.5, 0.6) is 0 Å². The Kier molecular flexibility index (Phi) is 4.94. The zero-order valence-corrected chi connectivity index (χ0v) is 15.2. The van der Waals surface area contributed by atoms with Gasteiger partial charge in [0.05, 0.1) is 23.6 Å². The van der Waals surface area contributed by atoms with E-state index < -0.39 is 9.84 Å². The molecule has 1 aliphatic rings. The zero-order valence-electron chi connectivity index (χ0n) is 14.4. The highest BCUT2D eigenvalue weighted by Gasteiger charge is 2.29. The van der Waals surface area contributed by atoms with Crippen LogP contribution in [0, 0.1) is 6.92 Å². The molecule has 1 saturated heterocycles. The molecule has 1 aromatic heterocycles. The average Bonchev–Trinajstić information content (AvgIpc) is 3.10. The predicted molar refractivity (Wildman–Crippen MR) is 95.0 cm³/mol. The number of hydrogen-bond donors (Lipinski definition) is 1. The molecule has 134 valence electrons. The van der Waals surface area contributed by atoms with E-state index in [2.05, 4.69) is 17.2 Å². The number of aryl methyl sites for hydroxylation is 2. The fourth-order valence-electron chi connectivity index (χ4n) is 2.94. The largest absolute Gasteiger partial charge is 0.441 e. The number of nitrogens with one attached hydrogen (secondary N) is 1. The van der Waals surface area contributed by atoms with Crippen molar-refractivity contribution in [3.05, 3.63) is 41.3 Å². The van der Waals surface area contributed by atoms with E-state index in [1.807, 2.05) is 24.3 Å². The van der Waals surface area contributed by atoms with E-state index in [-0.39, 0.29) is 29.9 Å². The highest BCUT2D eigenvalue weighted by atomic mass is 32.2. The van der Waals surface area contributed by atoms with E-state index in [9.17, 15) is 13.2 Å². The van der Waals surface area contributed by atoms with E-state index in [4.69, 9.17) is 4.42 Å². The number of carbonyl (C=O) groups is 1. The van der Waals surface area contributed by atoms with E-state index in [0.29, 0.717) is 23.8 Å². The predicted octanol–water partition coefficient (Wildman–Crippen LogP) is 2.06. The Morgan fingerprint density at radius 2 is 2.04 bits per heavy atom. The number of amides is 1. The molecule has 1 N–H and O–H groups in total. The van der Waals surface area contributed by atoms with Crippen molar-refractivity contribution >= 4 is 15.7 Å². The Hall–Kier alpha value is -2.15. The van der Waals surface area contributed by atoms with Crippen LogP contribution in [0.1, 0.15) is 30.4 Å². The van der Waals surface area contributed by atoms with Gasteiger partial charge in [-0.2, -0.15) is 0 Å². The molecular weight excluding hydrogens is 340 g/mol. The maximum absolute atomic E-state index is 12.2. The van der Waals surface area contributed by atoms with Crippen molar-refractivity contribution < 1.29 is 17.6 Å². The van der Waals surface area contributed by atoms with Gasteiger partial charge >= 0.3 is 0 Å². The molecule has 1 unspecified atom stereocenters. The van der Waals surface area contributed by atoms with Crippen molar-refractivity contribution in [1.29, 1.82) is 0 Å². The van der Waals surface area contributed by atoms with E-state index >= 15 is 0 Å². The number of carbonyl (C=O) groups excluding carboxylic acids is 1. The summed E-state index contributed by atoms with van der Waals surface area (Å²) in [4.78, 5) is 16.6. The normalized spacial score (nSPS) is 19.0. The molecular formula is C18H22N2O4S. The number of nitrogens with zero attached hydrogens (tertiary/aromatic N) is 1. The van der Waals surface area contributed by atoms with Gasteiger partial charge in [0.1, 0.15) is 5.76 Å². The maximum atomic E-state index is 12.2.